The van der Waals surface area contributed by atoms with Gasteiger partial charge in [-0.3, -0.25) is 0 Å². The van der Waals surface area contributed by atoms with Crippen molar-refractivity contribution in [1.29, 1.82) is 0 Å². The molecule has 1 aromatic rings. The maximum Gasteiger partial charge on any atom is 0.171 e. The van der Waals surface area contributed by atoms with E-state index in [1.807, 2.05) is 12.1 Å². The first-order valence-electron chi connectivity index (χ1n) is 8.94. The summed E-state index contributed by atoms with van der Waals surface area (Å²) in [4.78, 5) is 10.2. The standard InChI is InChI=1S/C13H18N2OS.C7H16/c1-13(2,3)10-4-6-11(7-5-10)15-12(17)14-8-9-16;1-3-5-7-6-4-2/h4-7,9H,8H2,1-3H3,(H2,14,15,17);3-7H2,1-2H3. The molecule has 0 amide bonds. The van der Waals surface area contributed by atoms with E-state index in [1.165, 1.54) is 37.7 Å². The van der Waals surface area contributed by atoms with Crippen molar-refractivity contribution >= 4 is 29.3 Å². The Morgan fingerprint density at radius 2 is 1.58 bits per heavy atom. The molecule has 2 N–H and O–H groups in total. The van der Waals surface area contributed by atoms with E-state index >= 15 is 0 Å². The van der Waals surface area contributed by atoms with Crippen molar-refractivity contribution in [2.45, 2.75) is 72.1 Å². The molecule has 136 valence electrons. The molecule has 0 aliphatic heterocycles. The highest BCUT2D eigenvalue weighted by Gasteiger charge is 2.12. The fourth-order valence-electron chi connectivity index (χ4n) is 2.04. The van der Waals surface area contributed by atoms with E-state index in [2.05, 4.69) is 57.4 Å². The van der Waals surface area contributed by atoms with E-state index in [0.717, 1.165) is 12.0 Å². The summed E-state index contributed by atoms with van der Waals surface area (Å²) in [6.07, 6.45) is 7.78. The molecular weight excluding hydrogens is 316 g/mol. The summed E-state index contributed by atoms with van der Waals surface area (Å²) in [5.41, 5.74) is 2.34. The second-order valence-electron chi connectivity index (χ2n) is 6.89. The van der Waals surface area contributed by atoms with Gasteiger partial charge >= 0.3 is 0 Å². The molecule has 0 aromatic heterocycles. The molecule has 1 aromatic carbocycles. The lowest BCUT2D eigenvalue weighted by molar-refractivity contribution is -0.106. The zero-order chi connectivity index (χ0) is 18.4. The zero-order valence-corrected chi connectivity index (χ0v) is 16.8. The number of benzene rings is 1. The molecule has 0 saturated heterocycles. The largest absolute Gasteiger partial charge is 0.356 e. The number of aldehydes is 1. The lowest BCUT2D eigenvalue weighted by atomic mass is 9.87. The van der Waals surface area contributed by atoms with E-state index in [4.69, 9.17) is 12.2 Å². The number of thiocarbonyl (C=S) groups is 1. The predicted molar refractivity (Wildman–Crippen MR) is 110 cm³/mol. The highest BCUT2D eigenvalue weighted by molar-refractivity contribution is 7.80. The van der Waals surface area contributed by atoms with Crippen LogP contribution in [0.5, 0.6) is 0 Å². The first kappa shape index (κ1) is 22.6. The third-order valence-corrected chi connectivity index (χ3v) is 3.81. The van der Waals surface area contributed by atoms with Crippen molar-refractivity contribution in [3.05, 3.63) is 29.8 Å². The first-order chi connectivity index (χ1) is 11.3. The molecule has 0 spiro atoms. The van der Waals surface area contributed by atoms with Gasteiger partial charge in [-0.25, -0.2) is 0 Å². The van der Waals surface area contributed by atoms with E-state index in [0.29, 0.717) is 5.11 Å². The molecule has 0 bridgehead atoms. The Labute approximate surface area is 153 Å². The molecule has 0 heterocycles. The zero-order valence-electron chi connectivity index (χ0n) is 15.9. The number of hydrogen-bond donors (Lipinski definition) is 2. The highest BCUT2D eigenvalue weighted by atomic mass is 32.1. The average molecular weight is 351 g/mol. The van der Waals surface area contributed by atoms with Crippen LogP contribution in [0.2, 0.25) is 0 Å². The van der Waals surface area contributed by atoms with Gasteiger partial charge < -0.3 is 15.4 Å². The molecule has 24 heavy (non-hydrogen) atoms. The summed E-state index contributed by atoms with van der Waals surface area (Å²) in [5.74, 6) is 0. The van der Waals surface area contributed by atoms with E-state index < -0.39 is 0 Å². The number of carbonyl (C=O) groups is 1. The second kappa shape index (κ2) is 12.9. The Morgan fingerprint density at radius 3 is 2.00 bits per heavy atom. The number of carbonyl (C=O) groups excluding carboxylic acids is 1. The third-order valence-electron chi connectivity index (χ3n) is 3.56. The summed E-state index contributed by atoms with van der Waals surface area (Å²) in [5, 5.41) is 6.25. The molecule has 4 heteroatoms. The molecule has 1 rings (SSSR count). The summed E-state index contributed by atoms with van der Waals surface area (Å²) in [6.45, 7) is 11.2. The number of rotatable bonds is 7. The van der Waals surface area contributed by atoms with Gasteiger partial charge in [0.05, 0.1) is 6.54 Å². The highest BCUT2D eigenvalue weighted by Crippen LogP contribution is 2.23. The van der Waals surface area contributed by atoms with Gasteiger partial charge in [-0.05, 0) is 35.3 Å². The lowest BCUT2D eigenvalue weighted by Gasteiger charge is -2.19. The monoisotopic (exact) mass is 350 g/mol. The van der Waals surface area contributed by atoms with Crippen molar-refractivity contribution in [3.63, 3.8) is 0 Å². The van der Waals surface area contributed by atoms with Crippen molar-refractivity contribution in [1.82, 2.24) is 5.32 Å². The van der Waals surface area contributed by atoms with Crippen LogP contribution in [0.25, 0.3) is 0 Å². The van der Waals surface area contributed by atoms with Crippen molar-refractivity contribution < 1.29 is 4.79 Å². The van der Waals surface area contributed by atoms with Gasteiger partial charge in [0.2, 0.25) is 0 Å². The van der Waals surface area contributed by atoms with Crippen LogP contribution in [0.15, 0.2) is 24.3 Å². The fraction of sp³-hybridized carbons (Fsp3) is 0.600. The van der Waals surface area contributed by atoms with Crippen LogP contribution in [-0.4, -0.2) is 17.9 Å². The Balaban J connectivity index is 0.000000640. The summed E-state index contributed by atoms with van der Waals surface area (Å²) in [7, 11) is 0. The topological polar surface area (TPSA) is 41.1 Å². The number of hydrogen-bond acceptors (Lipinski definition) is 2. The molecule has 0 aliphatic rings. The van der Waals surface area contributed by atoms with Gasteiger partial charge in [0.25, 0.3) is 0 Å². The quantitative estimate of drug-likeness (QED) is 0.390. The summed E-state index contributed by atoms with van der Waals surface area (Å²) < 4.78 is 0. The van der Waals surface area contributed by atoms with Gasteiger partial charge in [-0.2, -0.15) is 0 Å². The van der Waals surface area contributed by atoms with Crippen LogP contribution < -0.4 is 10.6 Å². The van der Waals surface area contributed by atoms with Gasteiger partial charge in [0.1, 0.15) is 6.29 Å². The fourth-order valence-corrected chi connectivity index (χ4v) is 2.24. The van der Waals surface area contributed by atoms with Gasteiger partial charge in [0, 0.05) is 5.69 Å². The van der Waals surface area contributed by atoms with Crippen LogP contribution in [0, 0.1) is 0 Å². The maximum atomic E-state index is 10.2. The van der Waals surface area contributed by atoms with Gasteiger partial charge in [-0.1, -0.05) is 78.9 Å². The minimum atomic E-state index is 0.148. The van der Waals surface area contributed by atoms with Crippen LogP contribution >= 0.6 is 12.2 Å². The van der Waals surface area contributed by atoms with Crippen molar-refractivity contribution in [3.8, 4) is 0 Å². The first-order valence-corrected chi connectivity index (χ1v) is 9.35. The maximum absolute atomic E-state index is 10.2. The molecule has 0 fully saturated rings. The number of nitrogens with one attached hydrogen (secondary N) is 2. The van der Waals surface area contributed by atoms with E-state index in [9.17, 15) is 4.79 Å². The van der Waals surface area contributed by atoms with Crippen molar-refractivity contribution in [2.24, 2.45) is 0 Å². The minimum absolute atomic E-state index is 0.148. The Morgan fingerprint density at radius 1 is 1.04 bits per heavy atom. The molecular formula is C20H34N2OS. The Kier molecular flexibility index (Phi) is 12.2. The molecule has 3 nitrogen and oxygen atoms in total. The van der Waals surface area contributed by atoms with Crippen molar-refractivity contribution in [2.75, 3.05) is 11.9 Å². The van der Waals surface area contributed by atoms with Crippen LogP contribution in [0.4, 0.5) is 5.69 Å². The molecule has 0 radical (unpaired) electrons. The lowest BCUT2D eigenvalue weighted by Crippen LogP contribution is -2.29. The molecule has 0 saturated carbocycles. The molecule has 0 aliphatic carbocycles. The normalized spacial score (nSPS) is 10.4. The smallest absolute Gasteiger partial charge is 0.171 e. The van der Waals surface area contributed by atoms with Gasteiger partial charge in [0.15, 0.2) is 5.11 Å². The van der Waals surface area contributed by atoms with Gasteiger partial charge in [-0.15, -0.1) is 0 Å². The van der Waals surface area contributed by atoms with E-state index in [-0.39, 0.29) is 12.0 Å². The molecule has 0 atom stereocenters. The number of anilines is 1. The van der Waals surface area contributed by atoms with E-state index in [1.54, 1.807) is 0 Å². The summed E-state index contributed by atoms with van der Waals surface area (Å²) >= 11 is 5.03. The predicted octanol–water partition coefficient (Wildman–Crippen LogP) is 5.45. The van der Waals surface area contributed by atoms with Crippen LogP contribution in [-0.2, 0) is 10.2 Å². The minimum Gasteiger partial charge on any atom is -0.356 e. The summed E-state index contributed by atoms with van der Waals surface area (Å²) in [6, 6.07) is 8.11. The molecule has 0 unspecified atom stereocenters. The van der Waals surface area contributed by atoms with Crippen LogP contribution in [0.1, 0.15) is 72.3 Å². The SMILES string of the molecule is CC(C)(C)c1ccc(NC(=S)NCC=O)cc1.CCCCCCC. The average Bonchev–Trinajstić information content (AvgIpc) is 2.54. The Bertz CT molecular complexity index is 460. The third kappa shape index (κ3) is 11.2. The second-order valence-corrected chi connectivity index (χ2v) is 7.30. The Hall–Kier alpha value is -1.42. The number of unbranched alkanes of at least 4 members (excludes halogenated alkanes) is 4. The van der Waals surface area contributed by atoms with Crippen LogP contribution in [0.3, 0.4) is 0 Å².